The first-order valence-electron chi connectivity index (χ1n) is 12.4. The minimum Gasteiger partial charge on any atom is -0.378 e. The molecule has 8 bridgehead atoms. The standard InChI is InChI=1S/C32H34N4.Pt/c1-31(2)23-13-9-11-21(15-23)28-18-26(36(7)8)20-30(34-28)32(3,4)24-14-10-12-22(16-24)27-17-25(35(5)6)19-29(31)33-27;/h9-14,17-20H,1-8H3;/q-2;+2. The minimum atomic E-state index is -0.361. The van der Waals surface area contributed by atoms with Crippen LogP contribution in [0.25, 0.3) is 22.5 Å². The maximum absolute atomic E-state index is 5.20. The van der Waals surface area contributed by atoms with Crippen molar-refractivity contribution in [3.8, 4) is 22.5 Å². The normalized spacial score (nSPS) is 14.7. The smallest absolute Gasteiger partial charge is 0.378 e. The third-order valence-electron chi connectivity index (χ3n) is 7.42. The van der Waals surface area contributed by atoms with Crippen molar-refractivity contribution in [3.05, 3.63) is 95.3 Å². The molecule has 3 heterocycles. The second-order valence-corrected chi connectivity index (χ2v) is 11.2. The molecular weight excluding hydrogens is 635 g/mol. The molecular formula is C32H34N4Pt. The Bertz CT molecular complexity index is 1340. The van der Waals surface area contributed by atoms with E-state index in [4.69, 9.17) is 9.97 Å². The molecule has 0 unspecified atom stereocenters. The topological polar surface area (TPSA) is 32.3 Å². The number of rotatable bonds is 2. The van der Waals surface area contributed by atoms with Crippen LogP contribution in [0.1, 0.15) is 50.2 Å². The monoisotopic (exact) mass is 669 g/mol. The van der Waals surface area contributed by atoms with Gasteiger partial charge in [-0.05, 0) is 23.5 Å². The molecule has 0 atom stereocenters. The van der Waals surface area contributed by atoms with E-state index in [2.05, 4.69) is 138 Å². The first-order chi connectivity index (χ1) is 17.0. The number of pyridine rings is 2. The van der Waals surface area contributed by atoms with Crippen molar-refractivity contribution in [1.29, 1.82) is 0 Å². The fourth-order valence-corrected chi connectivity index (χ4v) is 4.71. The van der Waals surface area contributed by atoms with E-state index < -0.39 is 0 Å². The third-order valence-corrected chi connectivity index (χ3v) is 7.42. The molecule has 0 aliphatic carbocycles. The molecule has 2 aromatic heterocycles. The number of aromatic nitrogens is 2. The van der Waals surface area contributed by atoms with Gasteiger partial charge in [-0.1, -0.05) is 39.8 Å². The molecule has 0 radical (unpaired) electrons. The Hall–Kier alpha value is -2.97. The Morgan fingerprint density at radius 3 is 1.32 bits per heavy atom. The summed E-state index contributed by atoms with van der Waals surface area (Å²) in [7, 11) is 8.30. The van der Waals surface area contributed by atoms with Gasteiger partial charge in [-0.15, -0.1) is 70.8 Å². The van der Waals surface area contributed by atoms with Gasteiger partial charge in [0.2, 0.25) is 0 Å². The fourth-order valence-electron chi connectivity index (χ4n) is 4.71. The zero-order valence-electron chi connectivity index (χ0n) is 22.9. The SMILES string of the molecule is CN(C)c1cc2nc(c1)C(C)(C)c1[c-]c(ccc1)-c1cc(N(C)C)cc(n1)C(C)(C)c1[c-]c-2ccc1.[Pt+2]. The Kier molecular flexibility index (Phi) is 7.12. The largest absolute Gasteiger partial charge is 2.00 e. The molecule has 0 N–H and O–H groups in total. The number of hydrogen-bond acceptors (Lipinski definition) is 4. The maximum Gasteiger partial charge on any atom is 2.00 e. The van der Waals surface area contributed by atoms with Crippen molar-refractivity contribution in [3.63, 3.8) is 0 Å². The number of hydrogen-bond donors (Lipinski definition) is 0. The molecule has 4 aromatic rings. The van der Waals surface area contributed by atoms with Crippen LogP contribution in [0.3, 0.4) is 0 Å². The first-order valence-corrected chi connectivity index (χ1v) is 12.4. The predicted octanol–water partition coefficient (Wildman–Crippen LogP) is 6.51. The number of anilines is 2. The number of fused-ring (bicyclic) bond motifs is 10. The van der Waals surface area contributed by atoms with Crippen LogP contribution in [0, 0.1) is 12.1 Å². The summed E-state index contributed by atoms with van der Waals surface area (Å²) in [5.41, 5.74) is 9.50. The molecule has 0 spiro atoms. The molecule has 4 nitrogen and oxygen atoms in total. The van der Waals surface area contributed by atoms with Crippen molar-refractivity contribution < 1.29 is 21.1 Å². The summed E-state index contributed by atoms with van der Waals surface area (Å²) in [5, 5.41) is 0. The van der Waals surface area contributed by atoms with Crippen molar-refractivity contribution in [2.24, 2.45) is 0 Å². The fraction of sp³-hybridized carbons (Fsp3) is 0.312. The van der Waals surface area contributed by atoms with Crippen LogP contribution in [-0.4, -0.2) is 38.2 Å². The Labute approximate surface area is 236 Å². The predicted molar refractivity (Wildman–Crippen MR) is 150 cm³/mol. The summed E-state index contributed by atoms with van der Waals surface area (Å²) in [5.74, 6) is 0. The van der Waals surface area contributed by atoms with Crippen LogP contribution in [0.5, 0.6) is 0 Å². The van der Waals surface area contributed by atoms with E-state index in [0.29, 0.717) is 0 Å². The quantitative estimate of drug-likeness (QED) is 0.228. The maximum atomic E-state index is 5.20. The van der Waals surface area contributed by atoms with Crippen LogP contribution in [0.2, 0.25) is 0 Å². The van der Waals surface area contributed by atoms with E-state index >= 15 is 0 Å². The summed E-state index contributed by atoms with van der Waals surface area (Å²) >= 11 is 0. The van der Waals surface area contributed by atoms with Crippen molar-refractivity contribution in [1.82, 2.24) is 9.97 Å². The molecule has 0 amide bonds. The molecule has 1 aliphatic rings. The molecule has 0 fully saturated rings. The molecule has 2 aromatic carbocycles. The molecule has 0 saturated carbocycles. The molecule has 0 saturated heterocycles. The van der Waals surface area contributed by atoms with Gasteiger partial charge in [0, 0.05) is 61.8 Å². The summed E-state index contributed by atoms with van der Waals surface area (Å²) < 4.78 is 0. The van der Waals surface area contributed by atoms with E-state index in [-0.39, 0.29) is 31.9 Å². The zero-order chi connectivity index (χ0) is 25.8. The van der Waals surface area contributed by atoms with Gasteiger partial charge < -0.3 is 19.8 Å². The van der Waals surface area contributed by atoms with Crippen molar-refractivity contribution >= 4 is 11.4 Å². The average Bonchev–Trinajstić information content (AvgIpc) is 2.87. The van der Waals surface area contributed by atoms with Gasteiger partial charge in [-0.3, -0.25) is 0 Å². The van der Waals surface area contributed by atoms with Crippen molar-refractivity contribution in [2.45, 2.75) is 38.5 Å². The van der Waals surface area contributed by atoms with E-state index in [9.17, 15) is 0 Å². The van der Waals surface area contributed by atoms with Crippen LogP contribution < -0.4 is 9.80 Å². The second-order valence-electron chi connectivity index (χ2n) is 11.2. The van der Waals surface area contributed by atoms with Gasteiger partial charge >= 0.3 is 21.1 Å². The first kappa shape index (κ1) is 27.1. The van der Waals surface area contributed by atoms with Crippen LogP contribution in [-0.2, 0) is 31.9 Å². The number of benzene rings is 2. The molecule has 5 heteroatoms. The van der Waals surface area contributed by atoms with Gasteiger partial charge in [0.05, 0.1) is 0 Å². The zero-order valence-corrected chi connectivity index (χ0v) is 25.2. The van der Waals surface area contributed by atoms with E-state index in [0.717, 1.165) is 56.4 Å². The summed E-state index contributed by atoms with van der Waals surface area (Å²) in [6.45, 7) is 8.88. The van der Waals surface area contributed by atoms with Gasteiger partial charge in [-0.2, -0.15) is 0 Å². The van der Waals surface area contributed by atoms with Crippen LogP contribution in [0.15, 0.2) is 60.7 Å². The van der Waals surface area contributed by atoms with Gasteiger partial charge in [-0.25, -0.2) is 0 Å². The Balaban J connectivity index is 0.00000320. The molecule has 37 heavy (non-hydrogen) atoms. The van der Waals surface area contributed by atoms with E-state index in [1.165, 1.54) is 0 Å². The van der Waals surface area contributed by atoms with E-state index in [1.807, 2.05) is 0 Å². The van der Waals surface area contributed by atoms with Gasteiger partial charge in [0.15, 0.2) is 0 Å². The second kappa shape index (κ2) is 9.72. The van der Waals surface area contributed by atoms with Crippen LogP contribution in [0.4, 0.5) is 11.4 Å². The number of nitrogens with zero attached hydrogens (tertiary/aromatic N) is 4. The third kappa shape index (κ3) is 4.84. The summed E-state index contributed by atoms with van der Waals surface area (Å²) in [6.07, 6.45) is 0. The molecule has 192 valence electrons. The summed E-state index contributed by atoms with van der Waals surface area (Å²) in [6, 6.07) is 28.8. The summed E-state index contributed by atoms with van der Waals surface area (Å²) in [4.78, 5) is 14.7. The average molecular weight is 670 g/mol. The van der Waals surface area contributed by atoms with Crippen LogP contribution >= 0.6 is 0 Å². The van der Waals surface area contributed by atoms with Gasteiger partial charge in [0.1, 0.15) is 0 Å². The Morgan fingerprint density at radius 2 is 0.973 bits per heavy atom. The Morgan fingerprint density at radius 1 is 0.595 bits per heavy atom. The molecule has 1 aliphatic heterocycles. The van der Waals surface area contributed by atoms with E-state index in [1.54, 1.807) is 0 Å². The molecule has 5 rings (SSSR count). The van der Waals surface area contributed by atoms with Gasteiger partial charge in [0.25, 0.3) is 0 Å². The van der Waals surface area contributed by atoms with Crippen molar-refractivity contribution in [2.75, 3.05) is 38.0 Å². The minimum absolute atomic E-state index is 0.